The molecule has 1 heterocycles. The number of ether oxygens (including phenoxy) is 1. The summed E-state index contributed by atoms with van der Waals surface area (Å²) < 4.78 is 5.36. The summed E-state index contributed by atoms with van der Waals surface area (Å²) in [7, 11) is 0. The minimum atomic E-state index is 0.109. The van der Waals surface area contributed by atoms with Gasteiger partial charge in [0.25, 0.3) is 0 Å². The van der Waals surface area contributed by atoms with Crippen molar-refractivity contribution in [3.63, 3.8) is 0 Å². The predicted octanol–water partition coefficient (Wildman–Crippen LogP) is 0.645. The van der Waals surface area contributed by atoms with E-state index in [4.69, 9.17) is 4.74 Å². The van der Waals surface area contributed by atoms with Crippen molar-refractivity contribution in [1.82, 2.24) is 5.32 Å². The summed E-state index contributed by atoms with van der Waals surface area (Å²) in [6.07, 6.45) is 4.39. The molecule has 3 nitrogen and oxygen atoms in total. The van der Waals surface area contributed by atoms with E-state index in [1.165, 1.54) is 11.8 Å². The van der Waals surface area contributed by atoms with Crippen molar-refractivity contribution in [2.45, 2.75) is 18.9 Å². The van der Waals surface area contributed by atoms with E-state index in [9.17, 15) is 4.79 Å². The van der Waals surface area contributed by atoms with Crippen LogP contribution in [0.5, 0.6) is 0 Å². The zero-order valence-corrected chi connectivity index (χ0v) is 8.15. The third-order valence-corrected chi connectivity index (χ3v) is 2.38. The van der Waals surface area contributed by atoms with Gasteiger partial charge < -0.3 is 10.1 Å². The van der Waals surface area contributed by atoms with Crippen LogP contribution in [0.15, 0.2) is 0 Å². The molecule has 0 aliphatic carbocycles. The molecular formula is C8H15NO2S. The van der Waals surface area contributed by atoms with Crippen molar-refractivity contribution in [3.8, 4) is 0 Å². The van der Waals surface area contributed by atoms with Gasteiger partial charge >= 0.3 is 0 Å². The topological polar surface area (TPSA) is 38.3 Å². The summed E-state index contributed by atoms with van der Waals surface area (Å²) >= 11 is 1.54. The predicted molar refractivity (Wildman–Crippen MR) is 50.4 cm³/mol. The third-order valence-electron chi connectivity index (χ3n) is 1.83. The second-order valence-corrected chi connectivity index (χ2v) is 3.74. The Kier molecular flexibility index (Phi) is 4.46. The molecule has 1 fully saturated rings. The lowest BCUT2D eigenvalue weighted by Crippen LogP contribution is -2.32. The van der Waals surface area contributed by atoms with Gasteiger partial charge in [0.1, 0.15) is 0 Å². The minimum absolute atomic E-state index is 0.109. The van der Waals surface area contributed by atoms with E-state index in [0.29, 0.717) is 12.3 Å². The lowest BCUT2D eigenvalue weighted by atomic mass is 10.2. The Morgan fingerprint density at radius 1 is 1.75 bits per heavy atom. The monoisotopic (exact) mass is 189 g/mol. The van der Waals surface area contributed by atoms with Crippen LogP contribution in [0.3, 0.4) is 0 Å². The molecule has 1 N–H and O–H groups in total. The van der Waals surface area contributed by atoms with E-state index in [0.717, 1.165) is 19.4 Å². The first-order valence-electron chi connectivity index (χ1n) is 4.20. The van der Waals surface area contributed by atoms with Crippen LogP contribution >= 0.6 is 11.8 Å². The van der Waals surface area contributed by atoms with Gasteiger partial charge in [-0.25, -0.2) is 0 Å². The van der Waals surface area contributed by atoms with Gasteiger partial charge in [-0.15, -0.1) is 0 Å². The van der Waals surface area contributed by atoms with Crippen molar-refractivity contribution in [1.29, 1.82) is 0 Å². The number of carbonyl (C=O) groups is 1. The van der Waals surface area contributed by atoms with Crippen LogP contribution in [0.2, 0.25) is 0 Å². The van der Waals surface area contributed by atoms with Crippen molar-refractivity contribution in [2.75, 3.05) is 25.2 Å². The van der Waals surface area contributed by atoms with Crippen molar-refractivity contribution in [3.05, 3.63) is 0 Å². The first-order valence-corrected chi connectivity index (χ1v) is 5.59. The van der Waals surface area contributed by atoms with Crippen LogP contribution < -0.4 is 5.32 Å². The van der Waals surface area contributed by atoms with Crippen LogP contribution in [0, 0.1) is 0 Å². The maximum Gasteiger partial charge on any atom is 0.230 e. The number of hydrogen-bond acceptors (Lipinski definition) is 3. The lowest BCUT2D eigenvalue weighted by Gasteiger charge is -2.09. The fourth-order valence-electron chi connectivity index (χ4n) is 1.22. The standard InChI is InChI=1S/C8H15NO2S/c1-12-6-8(10)9-5-7-3-2-4-11-7/h7H,2-6H2,1H3,(H,9,10). The summed E-state index contributed by atoms with van der Waals surface area (Å²) in [4.78, 5) is 11.0. The molecular weight excluding hydrogens is 174 g/mol. The highest BCUT2D eigenvalue weighted by atomic mass is 32.2. The van der Waals surface area contributed by atoms with Crippen molar-refractivity contribution in [2.24, 2.45) is 0 Å². The maximum atomic E-state index is 11.0. The molecule has 1 rings (SSSR count). The summed E-state index contributed by atoms with van der Waals surface area (Å²) in [6, 6.07) is 0. The summed E-state index contributed by atoms with van der Waals surface area (Å²) in [6.45, 7) is 1.53. The average Bonchev–Trinajstić information content (AvgIpc) is 2.53. The van der Waals surface area contributed by atoms with Gasteiger partial charge in [0.15, 0.2) is 0 Å². The van der Waals surface area contributed by atoms with E-state index in [2.05, 4.69) is 5.32 Å². The van der Waals surface area contributed by atoms with Crippen LogP contribution in [-0.4, -0.2) is 37.2 Å². The van der Waals surface area contributed by atoms with Gasteiger partial charge in [0, 0.05) is 13.2 Å². The number of thioether (sulfide) groups is 1. The first-order chi connectivity index (χ1) is 5.83. The number of nitrogens with one attached hydrogen (secondary N) is 1. The Labute approximate surface area is 77.2 Å². The molecule has 0 aromatic heterocycles. The molecule has 0 aromatic carbocycles. The second kappa shape index (κ2) is 5.43. The maximum absolute atomic E-state index is 11.0. The Balaban J connectivity index is 2.03. The Hall–Kier alpha value is -0.220. The van der Waals surface area contributed by atoms with Gasteiger partial charge in [0.2, 0.25) is 5.91 Å². The zero-order valence-electron chi connectivity index (χ0n) is 7.34. The van der Waals surface area contributed by atoms with Crippen molar-refractivity contribution >= 4 is 17.7 Å². The zero-order chi connectivity index (χ0) is 8.81. The molecule has 70 valence electrons. The quantitative estimate of drug-likeness (QED) is 0.705. The third kappa shape index (κ3) is 3.45. The van der Waals surface area contributed by atoms with Crippen LogP contribution in [0.1, 0.15) is 12.8 Å². The summed E-state index contributed by atoms with van der Waals surface area (Å²) in [5.74, 6) is 0.658. The molecule has 1 atom stereocenters. The van der Waals surface area contributed by atoms with E-state index >= 15 is 0 Å². The molecule has 1 amide bonds. The Morgan fingerprint density at radius 2 is 2.58 bits per heavy atom. The number of rotatable bonds is 4. The van der Waals surface area contributed by atoms with E-state index in [1.807, 2.05) is 6.26 Å². The smallest absolute Gasteiger partial charge is 0.230 e. The number of amides is 1. The highest BCUT2D eigenvalue weighted by Gasteiger charge is 2.15. The molecule has 1 aliphatic heterocycles. The first kappa shape index (κ1) is 9.86. The molecule has 0 aromatic rings. The van der Waals surface area contributed by atoms with Gasteiger partial charge in [-0.2, -0.15) is 11.8 Å². The Morgan fingerprint density at radius 3 is 3.17 bits per heavy atom. The van der Waals surface area contributed by atoms with Gasteiger partial charge in [-0.05, 0) is 19.1 Å². The molecule has 0 saturated carbocycles. The highest BCUT2D eigenvalue weighted by molar-refractivity contribution is 7.99. The average molecular weight is 189 g/mol. The minimum Gasteiger partial charge on any atom is -0.376 e. The van der Waals surface area contributed by atoms with Crippen LogP contribution in [-0.2, 0) is 9.53 Å². The Bertz CT molecular complexity index is 146. The van der Waals surface area contributed by atoms with Crippen LogP contribution in [0.4, 0.5) is 0 Å². The van der Waals surface area contributed by atoms with E-state index in [1.54, 1.807) is 0 Å². The van der Waals surface area contributed by atoms with Gasteiger partial charge in [-0.3, -0.25) is 4.79 Å². The molecule has 0 spiro atoms. The normalized spacial score (nSPS) is 22.6. The fraction of sp³-hybridized carbons (Fsp3) is 0.875. The van der Waals surface area contributed by atoms with Crippen LogP contribution in [0.25, 0.3) is 0 Å². The van der Waals surface area contributed by atoms with Gasteiger partial charge in [-0.1, -0.05) is 0 Å². The molecule has 4 heteroatoms. The second-order valence-electron chi connectivity index (χ2n) is 2.87. The largest absolute Gasteiger partial charge is 0.376 e. The van der Waals surface area contributed by atoms with E-state index < -0.39 is 0 Å². The van der Waals surface area contributed by atoms with Gasteiger partial charge in [0.05, 0.1) is 11.9 Å². The highest BCUT2D eigenvalue weighted by Crippen LogP contribution is 2.10. The molecule has 0 radical (unpaired) electrons. The van der Waals surface area contributed by atoms with Crippen molar-refractivity contribution < 1.29 is 9.53 Å². The number of hydrogen-bond donors (Lipinski definition) is 1. The summed E-state index contributed by atoms with van der Waals surface area (Å²) in [5.41, 5.74) is 0. The SMILES string of the molecule is CSCC(=O)NCC1CCCO1. The van der Waals surface area contributed by atoms with E-state index in [-0.39, 0.29) is 12.0 Å². The summed E-state index contributed by atoms with van der Waals surface area (Å²) in [5, 5.41) is 2.84. The molecule has 1 aliphatic rings. The molecule has 1 saturated heterocycles. The molecule has 1 unspecified atom stereocenters. The lowest BCUT2D eigenvalue weighted by molar-refractivity contribution is -0.119. The fourth-order valence-corrected chi connectivity index (χ4v) is 1.58. The number of carbonyl (C=O) groups excluding carboxylic acids is 1. The molecule has 12 heavy (non-hydrogen) atoms. The molecule has 0 bridgehead atoms.